The second kappa shape index (κ2) is 8.42. The van der Waals surface area contributed by atoms with Gasteiger partial charge in [-0.3, -0.25) is 14.9 Å². The molecule has 1 aromatic carbocycles. The lowest BCUT2D eigenvalue weighted by atomic mass is 10.1. The van der Waals surface area contributed by atoms with Crippen molar-refractivity contribution in [3.05, 3.63) is 58.3 Å². The number of nitro groups is 1. The van der Waals surface area contributed by atoms with Gasteiger partial charge in [0.15, 0.2) is 0 Å². The molecule has 0 saturated heterocycles. The van der Waals surface area contributed by atoms with Crippen LogP contribution in [0.2, 0.25) is 0 Å². The molecule has 0 aliphatic rings. The van der Waals surface area contributed by atoms with Crippen molar-refractivity contribution >= 4 is 23.4 Å². The number of nitrogens with two attached hydrogens (primary N) is 1. The Morgan fingerprint density at radius 1 is 1.42 bits per heavy atom. The molecule has 0 radical (unpaired) electrons. The number of aromatic nitrogens is 1. The molecule has 0 amide bonds. The molecule has 1 heterocycles. The van der Waals surface area contributed by atoms with Gasteiger partial charge in [0.2, 0.25) is 0 Å². The van der Waals surface area contributed by atoms with Gasteiger partial charge in [-0.1, -0.05) is 17.8 Å². The normalized spacial score (nSPS) is 11.8. The topological polar surface area (TPSA) is 108 Å². The Balaban J connectivity index is 2.29. The molecule has 2 N–H and O–H groups in total. The maximum absolute atomic E-state index is 11.7. The molecule has 126 valence electrons. The zero-order valence-corrected chi connectivity index (χ0v) is 13.9. The molecular weight excluding hydrogens is 330 g/mol. The summed E-state index contributed by atoms with van der Waals surface area (Å²) in [5.74, 6) is -0.530. The van der Waals surface area contributed by atoms with Crippen LogP contribution >= 0.6 is 11.8 Å². The maximum atomic E-state index is 11.7. The lowest BCUT2D eigenvalue weighted by molar-refractivity contribution is -0.385. The first-order valence-electron chi connectivity index (χ1n) is 7.29. The molecule has 2 rings (SSSR count). The van der Waals surface area contributed by atoms with E-state index >= 15 is 0 Å². The van der Waals surface area contributed by atoms with Crippen molar-refractivity contribution < 1.29 is 14.5 Å². The number of benzene rings is 1. The Bertz CT molecular complexity index is 725. The lowest BCUT2D eigenvalue weighted by Crippen LogP contribution is -2.34. The van der Waals surface area contributed by atoms with Gasteiger partial charge in [-0.2, -0.15) is 0 Å². The van der Waals surface area contributed by atoms with Crippen LogP contribution in [0.5, 0.6) is 0 Å². The summed E-state index contributed by atoms with van der Waals surface area (Å²) in [7, 11) is 0. The molecular formula is C16H17N3O4S. The largest absolute Gasteiger partial charge is 0.465 e. The molecule has 7 nitrogen and oxygen atoms in total. The first-order chi connectivity index (χ1) is 11.5. The summed E-state index contributed by atoms with van der Waals surface area (Å²) in [6.07, 6.45) is 1.81. The number of non-ortho nitro benzene ring substituents is 1. The summed E-state index contributed by atoms with van der Waals surface area (Å²) in [6, 6.07) is 9.11. The van der Waals surface area contributed by atoms with E-state index in [-0.39, 0.29) is 18.7 Å². The van der Waals surface area contributed by atoms with Crippen LogP contribution in [0, 0.1) is 10.1 Å². The Morgan fingerprint density at radius 2 is 2.21 bits per heavy atom. The van der Waals surface area contributed by atoms with Crippen molar-refractivity contribution in [3.8, 4) is 0 Å². The van der Waals surface area contributed by atoms with Crippen LogP contribution in [0.3, 0.4) is 0 Å². The molecule has 1 atom stereocenters. The van der Waals surface area contributed by atoms with Gasteiger partial charge in [-0.05, 0) is 37.1 Å². The van der Waals surface area contributed by atoms with Crippen LogP contribution in [0.4, 0.5) is 5.69 Å². The van der Waals surface area contributed by atoms with Crippen molar-refractivity contribution in [2.75, 3.05) is 6.61 Å². The summed E-state index contributed by atoms with van der Waals surface area (Å²) in [4.78, 5) is 27.3. The number of carbonyl (C=O) groups is 1. The SMILES string of the molecule is CCOC(=O)C(N)Cc1cc([N+](=O)[O-])ccc1Sc1ccccn1. The van der Waals surface area contributed by atoms with E-state index in [2.05, 4.69) is 4.98 Å². The third kappa shape index (κ3) is 4.77. The minimum atomic E-state index is -0.880. The van der Waals surface area contributed by atoms with E-state index < -0.39 is 16.9 Å². The minimum absolute atomic E-state index is 0.0496. The average Bonchev–Trinajstić information content (AvgIpc) is 2.57. The van der Waals surface area contributed by atoms with Crippen molar-refractivity contribution in [2.45, 2.75) is 29.3 Å². The van der Waals surface area contributed by atoms with Crippen molar-refractivity contribution in [2.24, 2.45) is 5.73 Å². The van der Waals surface area contributed by atoms with E-state index in [0.717, 1.165) is 9.92 Å². The number of hydrogen-bond donors (Lipinski definition) is 1. The molecule has 0 aliphatic heterocycles. The maximum Gasteiger partial charge on any atom is 0.323 e. The van der Waals surface area contributed by atoms with Crippen LogP contribution in [0.1, 0.15) is 12.5 Å². The van der Waals surface area contributed by atoms with Gasteiger partial charge in [-0.15, -0.1) is 0 Å². The Kier molecular flexibility index (Phi) is 6.28. The van der Waals surface area contributed by atoms with Gasteiger partial charge in [0.1, 0.15) is 11.1 Å². The monoisotopic (exact) mass is 347 g/mol. The Morgan fingerprint density at radius 3 is 2.83 bits per heavy atom. The fraction of sp³-hybridized carbons (Fsp3) is 0.250. The molecule has 24 heavy (non-hydrogen) atoms. The van der Waals surface area contributed by atoms with Crippen LogP contribution in [0.15, 0.2) is 52.5 Å². The van der Waals surface area contributed by atoms with Crippen LogP contribution in [-0.4, -0.2) is 28.5 Å². The summed E-state index contributed by atoms with van der Waals surface area (Å²) >= 11 is 1.36. The van der Waals surface area contributed by atoms with Crippen molar-refractivity contribution in [1.29, 1.82) is 0 Å². The van der Waals surface area contributed by atoms with E-state index in [1.54, 1.807) is 25.3 Å². The highest BCUT2D eigenvalue weighted by Crippen LogP contribution is 2.32. The van der Waals surface area contributed by atoms with Gasteiger partial charge in [0.25, 0.3) is 5.69 Å². The molecule has 0 bridgehead atoms. The van der Waals surface area contributed by atoms with Crippen LogP contribution in [0.25, 0.3) is 0 Å². The summed E-state index contributed by atoms with van der Waals surface area (Å²) in [5.41, 5.74) is 6.42. The first kappa shape index (κ1) is 17.9. The number of ether oxygens (including phenoxy) is 1. The molecule has 1 unspecified atom stereocenters. The lowest BCUT2D eigenvalue weighted by Gasteiger charge is -2.13. The highest BCUT2D eigenvalue weighted by molar-refractivity contribution is 7.99. The number of esters is 1. The highest BCUT2D eigenvalue weighted by Gasteiger charge is 2.20. The number of nitro benzene ring substituents is 1. The molecule has 0 saturated carbocycles. The van der Waals surface area contributed by atoms with Crippen LogP contribution in [-0.2, 0) is 16.0 Å². The van der Waals surface area contributed by atoms with Crippen LogP contribution < -0.4 is 5.73 Å². The van der Waals surface area contributed by atoms with Gasteiger partial charge < -0.3 is 10.5 Å². The van der Waals surface area contributed by atoms with Gasteiger partial charge in [0.05, 0.1) is 11.5 Å². The summed E-state index contributed by atoms with van der Waals surface area (Å²) in [6.45, 7) is 1.93. The van der Waals surface area contributed by atoms with E-state index in [1.807, 2.05) is 12.1 Å². The van der Waals surface area contributed by atoms with E-state index in [4.69, 9.17) is 10.5 Å². The third-order valence-electron chi connectivity index (χ3n) is 3.14. The predicted octanol–water partition coefficient (Wildman–Crippen LogP) is 2.57. The fourth-order valence-electron chi connectivity index (χ4n) is 2.03. The molecule has 8 heteroatoms. The predicted molar refractivity (Wildman–Crippen MR) is 89.8 cm³/mol. The standard InChI is InChI=1S/C16H17N3O4S/c1-2-23-16(20)13(17)10-11-9-12(19(21)22)6-7-14(11)24-15-5-3-4-8-18-15/h3-9,13H,2,10,17H2,1H3. The zero-order chi connectivity index (χ0) is 17.5. The number of pyridine rings is 1. The van der Waals surface area contributed by atoms with E-state index in [1.165, 1.54) is 23.9 Å². The van der Waals surface area contributed by atoms with Gasteiger partial charge >= 0.3 is 5.97 Å². The molecule has 1 aromatic heterocycles. The fourth-order valence-corrected chi connectivity index (χ4v) is 2.92. The van der Waals surface area contributed by atoms with Crippen molar-refractivity contribution in [1.82, 2.24) is 4.98 Å². The third-order valence-corrected chi connectivity index (χ3v) is 4.21. The second-order valence-electron chi connectivity index (χ2n) is 4.88. The highest BCUT2D eigenvalue weighted by atomic mass is 32.2. The Hall–Kier alpha value is -2.45. The van der Waals surface area contributed by atoms with Gasteiger partial charge in [-0.25, -0.2) is 4.98 Å². The van der Waals surface area contributed by atoms with E-state index in [9.17, 15) is 14.9 Å². The summed E-state index contributed by atoms with van der Waals surface area (Å²) in [5, 5.41) is 11.8. The molecule has 0 fully saturated rings. The number of nitrogens with zero attached hydrogens (tertiary/aromatic N) is 2. The number of rotatable bonds is 7. The first-order valence-corrected chi connectivity index (χ1v) is 8.11. The minimum Gasteiger partial charge on any atom is -0.465 e. The van der Waals surface area contributed by atoms with Gasteiger partial charge in [0, 0.05) is 23.2 Å². The Labute approximate surface area is 143 Å². The summed E-state index contributed by atoms with van der Waals surface area (Å²) < 4.78 is 4.89. The van der Waals surface area contributed by atoms with E-state index in [0.29, 0.717) is 5.56 Å². The molecule has 0 aliphatic carbocycles. The smallest absolute Gasteiger partial charge is 0.323 e. The quantitative estimate of drug-likeness (QED) is 0.466. The molecule has 0 spiro atoms. The number of hydrogen-bond acceptors (Lipinski definition) is 7. The molecule has 2 aromatic rings. The zero-order valence-electron chi connectivity index (χ0n) is 13.0. The second-order valence-corrected chi connectivity index (χ2v) is 5.94. The van der Waals surface area contributed by atoms with Crippen molar-refractivity contribution in [3.63, 3.8) is 0 Å². The number of carbonyl (C=O) groups excluding carboxylic acids is 1. The average molecular weight is 347 g/mol.